The van der Waals surface area contributed by atoms with Crippen LogP contribution in [-0.4, -0.2) is 17.1 Å². The molecule has 0 saturated heterocycles. The highest BCUT2D eigenvalue weighted by atomic mass is 19.4. The molecule has 1 N–H and O–H groups in total. The quantitative estimate of drug-likeness (QED) is 0.766. The summed E-state index contributed by atoms with van der Waals surface area (Å²) in [7, 11) is 1.22. The number of fused-ring (bicyclic) bond motifs is 1. The van der Waals surface area contributed by atoms with E-state index < -0.39 is 11.7 Å². The van der Waals surface area contributed by atoms with Crippen molar-refractivity contribution in [2.45, 2.75) is 6.18 Å². The largest absolute Gasteiger partial charge is 0.495 e. The number of ether oxygens (including phenoxy) is 1. The minimum atomic E-state index is -4.48. The second-order valence-electron chi connectivity index (χ2n) is 4.49. The third-order valence-corrected chi connectivity index (χ3v) is 3.17. The molecule has 0 unspecified atom stereocenters. The minimum absolute atomic E-state index is 0.232. The van der Waals surface area contributed by atoms with Gasteiger partial charge in [0.05, 0.1) is 29.3 Å². The summed E-state index contributed by atoms with van der Waals surface area (Å²) in [6, 6.07) is 11.1. The molecule has 0 spiro atoms. The van der Waals surface area contributed by atoms with Gasteiger partial charge in [0.15, 0.2) is 0 Å². The molecule has 0 bridgehead atoms. The van der Waals surface area contributed by atoms with E-state index in [1.165, 1.54) is 13.2 Å². The van der Waals surface area contributed by atoms with E-state index in [0.717, 1.165) is 11.6 Å². The Labute approximate surface area is 118 Å². The molecule has 0 aliphatic heterocycles. The first kappa shape index (κ1) is 13.5. The number of rotatable bonds is 2. The van der Waals surface area contributed by atoms with Crippen molar-refractivity contribution in [1.29, 1.82) is 0 Å². The molecular weight excluding hydrogens is 281 g/mol. The van der Waals surface area contributed by atoms with Gasteiger partial charge < -0.3 is 9.72 Å². The number of benzene rings is 2. The topological polar surface area (TPSA) is 37.9 Å². The molecule has 6 heteroatoms. The standard InChI is InChI=1S/C15H11F3N2O/c1-21-13-9(5-4-6-10(13)15(16,17)18)14-19-11-7-2-3-8-12(11)20-14/h2-8H,1H3,(H,19,20). The lowest BCUT2D eigenvalue weighted by Crippen LogP contribution is -2.08. The van der Waals surface area contributed by atoms with E-state index in [-0.39, 0.29) is 11.3 Å². The Morgan fingerprint density at radius 2 is 1.81 bits per heavy atom. The van der Waals surface area contributed by atoms with Gasteiger partial charge in [-0.2, -0.15) is 13.2 Å². The Morgan fingerprint density at radius 1 is 1.05 bits per heavy atom. The molecule has 108 valence electrons. The molecule has 0 saturated carbocycles. The summed E-state index contributed by atoms with van der Waals surface area (Å²) in [4.78, 5) is 7.32. The first-order chi connectivity index (χ1) is 10.0. The molecule has 0 aliphatic rings. The van der Waals surface area contributed by atoms with Crippen LogP contribution < -0.4 is 4.74 Å². The highest BCUT2D eigenvalue weighted by molar-refractivity contribution is 5.81. The zero-order valence-corrected chi connectivity index (χ0v) is 11.0. The maximum atomic E-state index is 13.0. The fourth-order valence-electron chi connectivity index (χ4n) is 2.25. The van der Waals surface area contributed by atoms with E-state index in [0.29, 0.717) is 11.3 Å². The average Bonchev–Trinajstić information content (AvgIpc) is 2.89. The van der Waals surface area contributed by atoms with Gasteiger partial charge in [-0.05, 0) is 24.3 Å². The van der Waals surface area contributed by atoms with Gasteiger partial charge >= 0.3 is 6.18 Å². The van der Waals surface area contributed by atoms with Gasteiger partial charge in [0.1, 0.15) is 11.6 Å². The third kappa shape index (κ3) is 2.33. The molecule has 21 heavy (non-hydrogen) atoms. The van der Waals surface area contributed by atoms with Crippen molar-refractivity contribution in [2.75, 3.05) is 7.11 Å². The van der Waals surface area contributed by atoms with E-state index in [1.807, 2.05) is 18.2 Å². The number of H-pyrrole nitrogens is 1. The summed E-state index contributed by atoms with van der Waals surface area (Å²) < 4.78 is 44.0. The molecule has 0 fully saturated rings. The Kier molecular flexibility index (Phi) is 3.08. The van der Waals surface area contributed by atoms with Crippen molar-refractivity contribution in [3.05, 3.63) is 48.0 Å². The van der Waals surface area contributed by atoms with Crippen LogP contribution in [0.2, 0.25) is 0 Å². The monoisotopic (exact) mass is 292 g/mol. The SMILES string of the molecule is COc1c(-c2nc3ccccc3[nH]2)cccc1C(F)(F)F. The average molecular weight is 292 g/mol. The summed E-state index contributed by atoms with van der Waals surface area (Å²) in [5.74, 6) is 0.114. The second kappa shape index (κ2) is 4.80. The highest BCUT2D eigenvalue weighted by Gasteiger charge is 2.35. The summed E-state index contributed by atoms with van der Waals surface area (Å²) in [5, 5.41) is 0. The number of hydrogen-bond acceptors (Lipinski definition) is 2. The van der Waals surface area contributed by atoms with Crippen LogP contribution in [-0.2, 0) is 6.18 Å². The van der Waals surface area contributed by atoms with Gasteiger partial charge in [-0.3, -0.25) is 0 Å². The molecule has 2 aromatic carbocycles. The van der Waals surface area contributed by atoms with Crippen molar-refractivity contribution in [1.82, 2.24) is 9.97 Å². The lowest BCUT2D eigenvalue weighted by Gasteiger charge is -2.14. The molecular formula is C15H11F3N2O. The first-order valence-electron chi connectivity index (χ1n) is 6.20. The fourth-order valence-corrected chi connectivity index (χ4v) is 2.25. The van der Waals surface area contributed by atoms with E-state index in [9.17, 15) is 13.2 Å². The Balaban J connectivity index is 2.22. The number of nitrogens with zero attached hydrogens (tertiary/aromatic N) is 1. The van der Waals surface area contributed by atoms with Gasteiger partial charge in [0.2, 0.25) is 0 Å². The second-order valence-corrected chi connectivity index (χ2v) is 4.49. The van der Waals surface area contributed by atoms with Crippen molar-refractivity contribution in [3.63, 3.8) is 0 Å². The maximum absolute atomic E-state index is 13.0. The van der Waals surface area contributed by atoms with Crippen LogP contribution in [0.3, 0.4) is 0 Å². The van der Waals surface area contributed by atoms with Crippen LogP contribution in [0.1, 0.15) is 5.56 Å². The molecule has 0 radical (unpaired) electrons. The Morgan fingerprint density at radius 3 is 2.48 bits per heavy atom. The number of hydrogen-bond donors (Lipinski definition) is 1. The van der Waals surface area contributed by atoms with Crippen LogP contribution in [0.5, 0.6) is 5.75 Å². The maximum Gasteiger partial charge on any atom is 0.419 e. The zero-order valence-electron chi connectivity index (χ0n) is 11.0. The summed E-state index contributed by atoms with van der Waals surface area (Å²) in [5.41, 5.74) is 0.908. The molecule has 1 heterocycles. The van der Waals surface area contributed by atoms with Crippen LogP contribution >= 0.6 is 0 Å². The molecule has 0 atom stereocenters. The molecule has 1 aromatic heterocycles. The van der Waals surface area contributed by atoms with Crippen molar-refractivity contribution in [2.24, 2.45) is 0 Å². The van der Waals surface area contributed by atoms with Crippen LogP contribution in [0.15, 0.2) is 42.5 Å². The highest BCUT2D eigenvalue weighted by Crippen LogP contribution is 2.41. The third-order valence-electron chi connectivity index (χ3n) is 3.17. The number of imidazole rings is 1. The van der Waals surface area contributed by atoms with Crippen molar-refractivity contribution in [3.8, 4) is 17.1 Å². The van der Waals surface area contributed by atoms with E-state index in [1.54, 1.807) is 12.1 Å². The number of aromatic nitrogens is 2. The summed E-state index contributed by atoms with van der Waals surface area (Å²) >= 11 is 0. The zero-order chi connectivity index (χ0) is 15.0. The van der Waals surface area contributed by atoms with Gasteiger partial charge in [0.25, 0.3) is 0 Å². The first-order valence-corrected chi connectivity index (χ1v) is 6.20. The number of nitrogens with one attached hydrogen (secondary N) is 1. The number of halogens is 3. The molecule has 3 aromatic rings. The number of alkyl halides is 3. The fraction of sp³-hybridized carbons (Fsp3) is 0.133. The Bertz CT molecular complexity index is 760. The summed E-state index contributed by atoms with van der Waals surface area (Å²) in [6.07, 6.45) is -4.48. The molecule has 0 amide bonds. The predicted octanol–water partition coefficient (Wildman–Crippen LogP) is 4.26. The van der Waals surface area contributed by atoms with Gasteiger partial charge in [0, 0.05) is 0 Å². The lowest BCUT2D eigenvalue weighted by molar-refractivity contribution is -0.138. The van der Waals surface area contributed by atoms with Crippen molar-refractivity contribution < 1.29 is 17.9 Å². The van der Waals surface area contributed by atoms with E-state index >= 15 is 0 Å². The van der Waals surface area contributed by atoms with Crippen LogP contribution in [0.4, 0.5) is 13.2 Å². The van der Waals surface area contributed by atoms with Crippen LogP contribution in [0, 0.1) is 0 Å². The van der Waals surface area contributed by atoms with Gasteiger partial charge in [-0.25, -0.2) is 4.98 Å². The van der Waals surface area contributed by atoms with E-state index in [2.05, 4.69) is 9.97 Å². The van der Waals surface area contributed by atoms with E-state index in [4.69, 9.17) is 4.74 Å². The summed E-state index contributed by atoms with van der Waals surface area (Å²) in [6.45, 7) is 0. The van der Waals surface area contributed by atoms with Gasteiger partial charge in [-0.15, -0.1) is 0 Å². The predicted molar refractivity (Wildman–Crippen MR) is 73.1 cm³/mol. The minimum Gasteiger partial charge on any atom is -0.495 e. The molecule has 0 aliphatic carbocycles. The Hall–Kier alpha value is -2.50. The lowest BCUT2D eigenvalue weighted by atomic mass is 10.1. The number of para-hydroxylation sites is 3. The van der Waals surface area contributed by atoms with Gasteiger partial charge in [-0.1, -0.05) is 18.2 Å². The smallest absolute Gasteiger partial charge is 0.419 e. The normalized spacial score (nSPS) is 11.8. The molecule has 3 nitrogen and oxygen atoms in total. The van der Waals surface area contributed by atoms with Crippen molar-refractivity contribution >= 4 is 11.0 Å². The number of methoxy groups -OCH3 is 1. The number of aromatic amines is 1. The molecule has 3 rings (SSSR count). The van der Waals surface area contributed by atoms with Crippen LogP contribution in [0.25, 0.3) is 22.4 Å².